The number of sulfonamides is 1. The van der Waals surface area contributed by atoms with Gasteiger partial charge < -0.3 is 0 Å². The highest BCUT2D eigenvalue weighted by molar-refractivity contribution is 7.89. The van der Waals surface area contributed by atoms with Crippen molar-refractivity contribution in [3.8, 4) is 16.3 Å². The number of rotatable bonds is 6. The number of nitrogens with two attached hydrogens (primary N) is 1. The van der Waals surface area contributed by atoms with Crippen molar-refractivity contribution >= 4 is 27.0 Å². The number of aromatic nitrogens is 2. The van der Waals surface area contributed by atoms with E-state index in [0.29, 0.717) is 12.2 Å². The SMILES string of the molecule is NS(=O)(=O)c1ccc(N=NCc2cn(-c3ccccc3)nc2-c2cccs2)cc1. The molecule has 0 unspecified atom stereocenters. The summed E-state index contributed by atoms with van der Waals surface area (Å²) in [6, 6.07) is 19.8. The fourth-order valence-electron chi connectivity index (χ4n) is 2.75. The molecule has 2 heterocycles. The van der Waals surface area contributed by atoms with Crippen molar-refractivity contribution < 1.29 is 8.42 Å². The Morgan fingerprint density at radius 3 is 2.41 bits per heavy atom. The van der Waals surface area contributed by atoms with Crippen LogP contribution in [-0.4, -0.2) is 18.2 Å². The molecule has 2 N–H and O–H groups in total. The van der Waals surface area contributed by atoms with E-state index in [-0.39, 0.29) is 4.90 Å². The summed E-state index contributed by atoms with van der Waals surface area (Å²) in [5.74, 6) is 0. The summed E-state index contributed by atoms with van der Waals surface area (Å²) in [6.07, 6.45) is 1.95. The third kappa shape index (κ3) is 4.48. The Hall–Kier alpha value is -3.14. The molecule has 0 bridgehead atoms. The van der Waals surface area contributed by atoms with Crippen LogP contribution >= 0.6 is 11.3 Å². The molecular formula is C20H17N5O2S2. The largest absolute Gasteiger partial charge is 0.240 e. The topological polar surface area (TPSA) is 103 Å². The minimum absolute atomic E-state index is 0.0422. The summed E-state index contributed by atoms with van der Waals surface area (Å²) in [5, 5.41) is 20.3. The van der Waals surface area contributed by atoms with Crippen molar-refractivity contribution in [2.24, 2.45) is 15.4 Å². The molecule has 0 aliphatic rings. The highest BCUT2D eigenvalue weighted by atomic mass is 32.2. The lowest BCUT2D eigenvalue weighted by atomic mass is 10.2. The molecule has 0 atom stereocenters. The average molecular weight is 424 g/mol. The number of primary sulfonamides is 1. The summed E-state index contributed by atoms with van der Waals surface area (Å²) in [4.78, 5) is 1.10. The lowest BCUT2D eigenvalue weighted by Gasteiger charge is -1.99. The van der Waals surface area contributed by atoms with Gasteiger partial charge in [-0.25, -0.2) is 18.2 Å². The zero-order valence-electron chi connectivity index (χ0n) is 15.2. The van der Waals surface area contributed by atoms with E-state index in [9.17, 15) is 8.42 Å². The van der Waals surface area contributed by atoms with Crippen LogP contribution in [0, 0.1) is 0 Å². The molecule has 4 aromatic rings. The Bertz CT molecular complexity index is 1230. The van der Waals surface area contributed by atoms with E-state index in [4.69, 9.17) is 10.2 Å². The summed E-state index contributed by atoms with van der Waals surface area (Å²) < 4.78 is 24.5. The zero-order chi connectivity index (χ0) is 20.3. The summed E-state index contributed by atoms with van der Waals surface area (Å²) in [7, 11) is -3.72. The fraction of sp³-hybridized carbons (Fsp3) is 0.0500. The standard InChI is InChI=1S/C20H17N5O2S2/c21-29(26,27)18-10-8-16(9-11-18)23-22-13-15-14-25(17-5-2-1-3-6-17)24-20(15)19-7-4-12-28-19/h1-12,14H,13H2,(H2,21,26,27). The summed E-state index contributed by atoms with van der Waals surface area (Å²) >= 11 is 1.62. The van der Waals surface area contributed by atoms with Gasteiger partial charge in [0.25, 0.3) is 0 Å². The van der Waals surface area contributed by atoms with Crippen molar-refractivity contribution in [1.29, 1.82) is 0 Å². The predicted octanol–water partition coefficient (Wildman–Crippen LogP) is 4.53. The van der Waals surface area contributed by atoms with Crippen LogP contribution in [0.2, 0.25) is 0 Å². The zero-order valence-corrected chi connectivity index (χ0v) is 16.8. The Kier molecular flexibility index (Phi) is 5.34. The number of azo groups is 1. The first-order valence-corrected chi connectivity index (χ1v) is 11.1. The Balaban J connectivity index is 1.59. The Morgan fingerprint density at radius 1 is 1.00 bits per heavy atom. The van der Waals surface area contributed by atoms with Gasteiger partial charge >= 0.3 is 0 Å². The van der Waals surface area contributed by atoms with Gasteiger partial charge in [-0.1, -0.05) is 24.3 Å². The second kappa shape index (κ2) is 8.08. The molecule has 0 saturated carbocycles. The maximum absolute atomic E-state index is 11.3. The first-order valence-electron chi connectivity index (χ1n) is 8.69. The van der Waals surface area contributed by atoms with Crippen LogP contribution in [0.4, 0.5) is 5.69 Å². The molecule has 29 heavy (non-hydrogen) atoms. The van der Waals surface area contributed by atoms with Crippen LogP contribution in [0.3, 0.4) is 0 Å². The molecule has 2 aromatic heterocycles. The van der Waals surface area contributed by atoms with Crippen LogP contribution in [0.15, 0.2) is 93.4 Å². The molecule has 0 aliphatic heterocycles. The minimum Gasteiger partial charge on any atom is -0.240 e. The quantitative estimate of drug-likeness (QED) is 0.461. The number of hydrogen-bond donors (Lipinski definition) is 1. The van der Waals surface area contributed by atoms with Crippen molar-refractivity contribution in [3.63, 3.8) is 0 Å². The molecule has 7 nitrogen and oxygen atoms in total. The van der Waals surface area contributed by atoms with Crippen LogP contribution in [-0.2, 0) is 16.6 Å². The highest BCUT2D eigenvalue weighted by Crippen LogP contribution is 2.28. The molecule has 0 fully saturated rings. The second-order valence-electron chi connectivity index (χ2n) is 6.20. The molecule has 2 aromatic carbocycles. The number of para-hydroxylation sites is 1. The third-order valence-electron chi connectivity index (χ3n) is 4.16. The molecule has 9 heteroatoms. The molecule has 146 valence electrons. The fourth-order valence-corrected chi connectivity index (χ4v) is 4.01. The lowest BCUT2D eigenvalue weighted by molar-refractivity contribution is 0.598. The maximum atomic E-state index is 11.3. The monoisotopic (exact) mass is 423 g/mol. The first kappa shape index (κ1) is 19.2. The van der Waals surface area contributed by atoms with E-state index in [2.05, 4.69) is 10.2 Å². The van der Waals surface area contributed by atoms with Gasteiger partial charge in [0.1, 0.15) is 5.69 Å². The predicted molar refractivity (Wildman–Crippen MR) is 113 cm³/mol. The highest BCUT2D eigenvalue weighted by Gasteiger charge is 2.13. The van der Waals surface area contributed by atoms with E-state index < -0.39 is 10.0 Å². The van der Waals surface area contributed by atoms with Gasteiger partial charge in [0.15, 0.2) is 0 Å². The number of nitrogens with zero attached hydrogens (tertiary/aromatic N) is 4. The van der Waals surface area contributed by atoms with E-state index in [1.165, 1.54) is 12.1 Å². The first-order chi connectivity index (χ1) is 14.0. The van der Waals surface area contributed by atoms with Gasteiger partial charge in [-0.3, -0.25) is 0 Å². The summed E-state index contributed by atoms with van der Waals surface area (Å²) in [5.41, 5.74) is 3.33. The summed E-state index contributed by atoms with van der Waals surface area (Å²) in [6.45, 7) is 0.344. The smallest absolute Gasteiger partial charge is 0.238 e. The van der Waals surface area contributed by atoms with Crippen molar-refractivity contribution in [3.05, 3.63) is 83.9 Å². The van der Waals surface area contributed by atoms with Gasteiger partial charge in [-0.2, -0.15) is 15.3 Å². The van der Waals surface area contributed by atoms with Crippen molar-refractivity contribution in [2.45, 2.75) is 11.4 Å². The van der Waals surface area contributed by atoms with E-state index in [0.717, 1.165) is 21.8 Å². The molecule has 4 rings (SSSR count). The molecule has 0 aliphatic carbocycles. The number of benzene rings is 2. The molecule has 0 spiro atoms. The van der Waals surface area contributed by atoms with Gasteiger partial charge in [-0.15, -0.1) is 11.3 Å². The van der Waals surface area contributed by atoms with E-state index >= 15 is 0 Å². The van der Waals surface area contributed by atoms with Gasteiger partial charge in [0.05, 0.1) is 27.7 Å². The van der Waals surface area contributed by atoms with Gasteiger partial charge in [0.2, 0.25) is 10.0 Å². The molecule has 0 radical (unpaired) electrons. The lowest BCUT2D eigenvalue weighted by Crippen LogP contribution is -2.11. The minimum atomic E-state index is -3.72. The maximum Gasteiger partial charge on any atom is 0.238 e. The van der Waals surface area contributed by atoms with Crippen molar-refractivity contribution in [1.82, 2.24) is 9.78 Å². The third-order valence-corrected chi connectivity index (χ3v) is 5.96. The average Bonchev–Trinajstić information content (AvgIpc) is 3.38. The number of hydrogen-bond acceptors (Lipinski definition) is 6. The van der Waals surface area contributed by atoms with E-state index in [1.807, 2.05) is 58.7 Å². The van der Waals surface area contributed by atoms with E-state index in [1.54, 1.807) is 23.5 Å². The van der Waals surface area contributed by atoms with Gasteiger partial charge in [0, 0.05) is 11.8 Å². The van der Waals surface area contributed by atoms with Crippen LogP contribution < -0.4 is 5.14 Å². The van der Waals surface area contributed by atoms with Crippen molar-refractivity contribution in [2.75, 3.05) is 0 Å². The Morgan fingerprint density at radius 2 is 1.76 bits per heavy atom. The molecule has 0 amide bonds. The molecular weight excluding hydrogens is 406 g/mol. The van der Waals surface area contributed by atoms with Crippen LogP contribution in [0.5, 0.6) is 0 Å². The normalized spacial score (nSPS) is 11.9. The van der Waals surface area contributed by atoms with Crippen LogP contribution in [0.25, 0.3) is 16.3 Å². The second-order valence-corrected chi connectivity index (χ2v) is 8.71. The molecule has 0 saturated heterocycles. The number of thiophene rings is 1. The Labute approximate surface area is 172 Å². The van der Waals surface area contributed by atoms with Crippen LogP contribution in [0.1, 0.15) is 5.56 Å². The van der Waals surface area contributed by atoms with Gasteiger partial charge in [-0.05, 0) is 47.8 Å².